The number of amides is 1. The van der Waals surface area contributed by atoms with Crippen molar-refractivity contribution >= 4 is 5.91 Å². The van der Waals surface area contributed by atoms with Gasteiger partial charge in [0.2, 0.25) is 5.91 Å². The van der Waals surface area contributed by atoms with Crippen LogP contribution in [0.5, 0.6) is 0 Å². The number of hydrogen-bond acceptors (Lipinski definition) is 2. The first-order valence-corrected chi connectivity index (χ1v) is 6.39. The minimum Gasteiger partial charge on any atom is -0.354 e. The number of nitrogens with one attached hydrogen (secondary N) is 1. The minimum atomic E-state index is -0.577. The van der Waals surface area contributed by atoms with Gasteiger partial charge in [0.25, 0.3) is 0 Å². The van der Waals surface area contributed by atoms with Gasteiger partial charge in [-0.15, -0.1) is 12.3 Å². The van der Waals surface area contributed by atoms with Crippen LogP contribution in [-0.4, -0.2) is 18.5 Å². The molecule has 3 heteroatoms. The molecular formula is C14H26N2O. The molecule has 3 N–H and O–H groups in total. The molecule has 0 aliphatic carbocycles. The fraction of sp³-hybridized carbons (Fsp3) is 0.786. The van der Waals surface area contributed by atoms with E-state index >= 15 is 0 Å². The maximum absolute atomic E-state index is 11.6. The molecule has 17 heavy (non-hydrogen) atoms. The molecule has 0 fully saturated rings. The topological polar surface area (TPSA) is 55.1 Å². The van der Waals surface area contributed by atoms with E-state index in [1.54, 1.807) is 0 Å². The van der Waals surface area contributed by atoms with Gasteiger partial charge in [-0.2, -0.15) is 0 Å². The molecule has 98 valence electrons. The molecule has 0 rings (SSSR count). The van der Waals surface area contributed by atoms with Crippen LogP contribution >= 0.6 is 0 Å². The normalized spacial score (nSPS) is 12.9. The van der Waals surface area contributed by atoms with Crippen LogP contribution < -0.4 is 11.1 Å². The van der Waals surface area contributed by atoms with Gasteiger partial charge in [-0.1, -0.05) is 40.0 Å². The minimum absolute atomic E-state index is 0.126. The lowest BCUT2D eigenvalue weighted by Gasteiger charge is -2.25. The summed E-state index contributed by atoms with van der Waals surface area (Å²) < 4.78 is 0. The van der Waals surface area contributed by atoms with E-state index in [2.05, 4.69) is 32.0 Å². The largest absolute Gasteiger partial charge is 0.354 e. The van der Waals surface area contributed by atoms with Crippen LogP contribution in [-0.2, 0) is 4.79 Å². The van der Waals surface area contributed by atoms with E-state index in [-0.39, 0.29) is 11.3 Å². The second-order valence-electron chi connectivity index (χ2n) is 5.35. The van der Waals surface area contributed by atoms with Crippen LogP contribution in [0.25, 0.3) is 0 Å². The average molecular weight is 238 g/mol. The zero-order valence-electron chi connectivity index (χ0n) is 11.4. The van der Waals surface area contributed by atoms with Crippen molar-refractivity contribution in [3.8, 4) is 12.3 Å². The number of hydrogen-bond donors (Lipinski definition) is 2. The molecule has 0 saturated heterocycles. The number of nitrogens with two attached hydrogens (primary N) is 1. The van der Waals surface area contributed by atoms with E-state index in [1.165, 1.54) is 19.3 Å². The van der Waals surface area contributed by atoms with Crippen molar-refractivity contribution in [1.82, 2.24) is 5.32 Å². The zero-order valence-corrected chi connectivity index (χ0v) is 11.4. The van der Waals surface area contributed by atoms with Crippen molar-refractivity contribution in [3.63, 3.8) is 0 Å². The van der Waals surface area contributed by atoms with Gasteiger partial charge in [0, 0.05) is 13.0 Å². The van der Waals surface area contributed by atoms with Crippen LogP contribution in [0.3, 0.4) is 0 Å². The molecule has 0 aliphatic heterocycles. The van der Waals surface area contributed by atoms with Crippen molar-refractivity contribution in [2.24, 2.45) is 11.1 Å². The fourth-order valence-electron chi connectivity index (χ4n) is 1.62. The Labute approximate surface area is 106 Å². The molecule has 0 saturated carbocycles. The summed E-state index contributed by atoms with van der Waals surface area (Å²) in [5.74, 6) is 2.25. The summed E-state index contributed by atoms with van der Waals surface area (Å²) in [7, 11) is 0. The molecule has 0 radical (unpaired) electrons. The lowest BCUT2D eigenvalue weighted by molar-refractivity contribution is -0.122. The predicted octanol–water partition coefficient (Wildman–Crippen LogP) is 2.06. The Balaban J connectivity index is 3.92. The van der Waals surface area contributed by atoms with E-state index in [1.807, 2.05) is 0 Å². The quantitative estimate of drug-likeness (QED) is 0.502. The first-order chi connectivity index (χ1) is 7.93. The number of carbonyl (C=O) groups is 1. The molecule has 0 aromatic rings. The predicted molar refractivity (Wildman–Crippen MR) is 72.4 cm³/mol. The van der Waals surface area contributed by atoms with E-state index in [0.717, 1.165) is 6.42 Å². The van der Waals surface area contributed by atoms with E-state index in [9.17, 15) is 4.79 Å². The Kier molecular flexibility index (Phi) is 7.65. The highest BCUT2D eigenvalue weighted by Gasteiger charge is 2.20. The smallest absolute Gasteiger partial charge is 0.237 e. The van der Waals surface area contributed by atoms with Gasteiger partial charge in [-0.25, -0.2) is 0 Å². The average Bonchev–Trinajstić information content (AvgIpc) is 2.26. The number of terminal acetylenes is 1. The number of unbranched alkanes of at least 4 members (excludes halogenated alkanes) is 2. The summed E-state index contributed by atoms with van der Waals surface area (Å²) in [5.41, 5.74) is 5.75. The Morgan fingerprint density at radius 1 is 1.47 bits per heavy atom. The summed E-state index contributed by atoms with van der Waals surface area (Å²) in [6, 6.07) is -0.577. The van der Waals surface area contributed by atoms with Gasteiger partial charge in [0.1, 0.15) is 0 Å². The van der Waals surface area contributed by atoms with Crippen molar-refractivity contribution in [3.05, 3.63) is 0 Å². The van der Waals surface area contributed by atoms with Crippen LogP contribution in [0.2, 0.25) is 0 Å². The SMILES string of the molecule is C#CCC(N)C(=O)NCC(C)(C)CCCCC. The van der Waals surface area contributed by atoms with Crippen molar-refractivity contribution in [1.29, 1.82) is 0 Å². The van der Waals surface area contributed by atoms with Gasteiger partial charge in [-0.3, -0.25) is 4.79 Å². The van der Waals surface area contributed by atoms with Crippen molar-refractivity contribution < 1.29 is 4.79 Å². The Bertz CT molecular complexity index is 266. The molecule has 0 heterocycles. The number of rotatable bonds is 8. The number of carbonyl (C=O) groups excluding carboxylic acids is 1. The monoisotopic (exact) mass is 238 g/mol. The first-order valence-electron chi connectivity index (χ1n) is 6.39. The maximum Gasteiger partial charge on any atom is 0.237 e. The Morgan fingerprint density at radius 3 is 2.65 bits per heavy atom. The van der Waals surface area contributed by atoms with Gasteiger partial charge in [-0.05, 0) is 11.8 Å². The fourth-order valence-corrected chi connectivity index (χ4v) is 1.62. The van der Waals surface area contributed by atoms with Crippen LogP contribution in [0, 0.1) is 17.8 Å². The van der Waals surface area contributed by atoms with E-state index in [4.69, 9.17) is 12.2 Å². The van der Waals surface area contributed by atoms with E-state index in [0.29, 0.717) is 13.0 Å². The summed E-state index contributed by atoms with van der Waals surface area (Å²) >= 11 is 0. The third kappa shape index (κ3) is 7.82. The van der Waals surface area contributed by atoms with Crippen molar-refractivity contribution in [2.45, 2.75) is 58.9 Å². The molecule has 0 aromatic heterocycles. The zero-order chi connectivity index (χ0) is 13.3. The third-order valence-electron chi connectivity index (χ3n) is 2.87. The van der Waals surface area contributed by atoms with Gasteiger partial charge < -0.3 is 11.1 Å². The summed E-state index contributed by atoms with van der Waals surface area (Å²) in [4.78, 5) is 11.6. The lowest BCUT2D eigenvalue weighted by atomic mass is 9.87. The lowest BCUT2D eigenvalue weighted by Crippen LogP contribution is -2.43. The Hall–Kier alpha value is -1.01. The molecule has 0 aromatic carbocycles. The molecule has 0 bridgehead atoms. The molecular weight excluding hydrogens is 212 g/mol. The van der Waals surface area contributed by atoms with E-state index < -0.39 is 6.04 Å². The maximum atomic E-state index is 11.6. The molecule has 1 unspecified atom stereocenters. The molecule has 1 atom stereocenters. The highest BCUT2D eigenvalue weighted by atomic mass is 16.2. The second kappa shape index (κ2) is 8.14. The van der Waals surface area contributed by atoms with Crippen molar-refractivity contribution in [2.75, 3.05) is 6.54 Å². The van der Waals surface area contributed by atoms with Crippen LogP contribution in [0.4, 0.5) is 0 Å². The summed E-state index contributed by atoms with van der Waals surface area (Å²) in [6.45, 7) is 7.17. The molecule has 1 amide bonds. The van der Waals surface area contributed by atoms with Gasteiger partial charge in [0.05, 0.1) is 6.04 Å². The first kappa shape index (κ1) is 16.0. The van der Waals surface area contributed by atoms with Crippen LogP contribution in [0.1, 0.15) is 52.9 Å². The van der Waals surface area contributed by atoms with Gasteiger partial charge >= 0.3 is 0 Å². The summed E-state index contributed by atoms with van der Waals surface area (Å²) in [6.07, 6.45) is 10.2. The summed E-state index contributed by atoms with van der Waals surface area (Å²) in [5, 5.41) is 2.87. The van der Waals surface area contributed by atoms with Gasteiger partial charge in [0.15, 0.2) is 0 Å². The highest BCUT2D eigenvalue weighted by molar-refractivity contribution is 5.81. The highest BCUT2D eigenvalue weighted by Crippen LogP contribution is 2.22. The third-order valence-corrected chi connectivity index (χ3v) is 2.87. The second-order valence-corrected chi connectivity index (χ2v) is 5.35. The Morgan fingerprint density at radius 2 is 2.12 bits per heavy atom. The standard InChI is InChI=1S/C14H26N2O/c1-5-7-8-10-14(3,4)11-16-13(17)12(15)9-6-2/h2,12H,5,7-11,15H2,1,3-4H3,(H,16,17). The van der Waals surface area contributed by atoms with Crippen LogP contribution in [0.15, 0.2) is 0 Å². The molecule has 0 aliphatic rings. The molecule has 0 spiro atoms. The molecule has 3 nitrogen and oxygen atoms in total.